The number of benzene rings is 1. The average Bonchev–Trinajstić information content (AvgIpc) is 2.53. The third kappa shape index (κ3) is 5.90. The van der Waals surface area contributed by atoms with Crippen LogP contribution in [0.25, 0.3) is 0 Å². The number of hydrogen-bond acceptors (Lipinski definition) is 2. The standard InChI is InChI=1S/C20H35N2/c1-5-8-11-17(4)18-12-13-20(19(21)16-18)22(14-9-6-2)15-10-7-3/h5,12-13,16-17H,6-11,14-15,21H2,1-4H3. The Bertz CT molecular complexity index is 406. The van der Waals surface area contributed by atoms with E-state index >= 15 is 0 Å². The van der Waals surface area contributed by atoms with Gasteiger partial charge in [0.15, 0.2) is 0 Å². The van der Waals surface area contributed by atoms with Crippen LogP contribution in [-0.4, -0.2) is 13.1 Å². The maximum Gasteiger partial charge on any atom is 0.0600 e. The molecule has 0 aromatic heterocycles. The smallest absolute Gasteiger partial charge is 0.0600 e. The van der Waals surface area contributed by atoms with Crippen LogP contribution in [0.3, 0.4) is 0 Å². The summed E-state index contributed by atoms with van der Waals surface area (Å²) in [6, 6.07) is 6.71. The first-order chi connectivity index (χ1) is 10.6. The van der Waals surface area contributed by atoms with Crippen LogP contribution in [0.2, 0.25) is 0 Å². The summed E-state index contributed by atoms with van der Waals surface area (Å²) in [5.74, 6) is 0.576. The molecule has 0 fully saturated rings. The highest BCUT2D eigenvalue weighted by Gasteiger charge is 2.12. The molecule has 0 saturated carbocycles. The number of nitrogens with zero attached hydrogens (tertiary/aromatic N) is 1. The molecule has 0 heterocycles. The highest BCUT2D eigenvalue weighted by Crippen LogP contribution is 2.30. The van der Waals surface area contributed by atoms with Gasteiger partial charge in [0.2, 0.25) is 0 Å². The summed E-state index contributed by atoms with van der Waals surface area (Å²) in [6.45, 7) is 11.1. The van der Waals surface area contributed by atoms with Gasteiger partial charge in [-0.2, -0.15) is 0 Å². The number of hydrogen-bond donors (Lipinski definition) is 1. The molecule has 2 N–H and O–H groups in total. The lowest BCUT2D eigenvalue weighted by molar-refractivity contribution is 0.670. The highest BCUT2D eigenvalue weighted by molar-refractivity contribution is 5.68. The fourth-order valence-corrected chi connectivity index (χ4v) is 2.80. The zero-order valence-electron chi connectivity index (χ0n) is 15.1. The van der Waals surface area contributed by atoms with E-state index in [1.165, 1.54) is 49.8 Å². The summed E-state index contributed by atoms with van der Waals surface area (Å²) < 4.78 is 0. The molecule has 0 aliphatic heterocycles. The van der Waals surface area contributed by atoms with E-state index in [4.69, 9.17) is 5.73 Å². The molecule has 22 heavy (non-hydrogen) atoms. The van der Waals surface area contributed by atoms with E-state index in [-0.39, 0.29) is 0 Å². The second-order valence-electron chi connectivity index (χ2n) is 6.40. The molecule has 0 aliphatic carbocycles. The van der Waals surface area contributed by atoms with Crippen molar-refractivity contribution in [2.45, 2.75) is 72.1 Å². The van der Waals surface area contributed by atoms with E-state index in [0.29, 0.717) is 5.92 Å². The van der Waals surface area contributed by atoms with Crippen LogP contribution in [-0.2, 0) is 0 Å². The maximum absolute atomic E-state index is 6.38. The third-order valence-corrected chi connectivity index (χ3v) is 4.41. The number of anilines is 2. The van der Waals surface area contributed by atoms with Crippen LogP contribution in [0.4, 0.5) is 11.4 Å². The van der Waals surface area contributed by atoms with Gasteiger partial charge in [-0.1, -0.05) is 46.6 Å². The molecule has 1 unspecified atom stereocenters. The number of nitrogens with two attached hydrogens (primary N) is 1. The topological polar surface area (TPSA) is 29.3 Å². The molecule has 0 saturated heterocycles. The van der Waals surface area contributed by atoms with Crippen LogP contribution in [0.1, 0.15) is 77.7 Å². The van der Waals surface area contributed by atoms with Gasteiger partial charge < -0.3 is 10.6 Å². The Morgan fingerprint density at radius 2 is 1.77 bits per heavy atom. The Morgan fingerprint density at radius 3 is 2.27 bits per heavy atom. The highest BCUT2D eigenvalue weighted by atomic mass is 15.1. The number of unbranched alkanes of at least 4 members (excludes halogenated alkanes) is 3. The fourth-order valence-electron chi connectivity index (χ4n) is 2.80. The Morgan fingerprint density at radius 1 is 1.14 bits per heavy atom. The van der Waals surface area contributed by atoms with E-state index in [2.05, 4.69) is 57.2 Å². The first-order valence-corrected chi connectivity index (χ1v) is 9.06. The second-order valence-corrected chi connectivity index (χ2v) is 6.40. The van der Waals surface area contributed by atoms with Crippen LogP contribution in [0.15, 0.2) is 18.2 Å². The summed E-state index contributed by atoms with van der Waals surface area (Å²) in [6.07, 6.45) is 9.52. The van der Waals surface area contributed by atoms with Crippen molar-refractivity contribution in [3.8, 4) is 0 Å². The van der Waals surface area contributed by atoms with Crippen molar-refractivity contribution in [2.75, 3.05) is 23.7 Å². The normalized spacial score (nSPS) is 12.4. The minimum absolute atomic E-state index is 0.576. The van der Waals surface area contributed by atoms with Crippen molar-refractivity contribution in [1.29, 1.82) is 0 Å². The van der Waals surface area contributed by atoms with E-state index in [9.17, 15) is 0 Å². The second kappa shape index (κ2) is 10.5. The van der Waals surface area contributed by atoms with Gasteiger partial charge in [-0.3, -0.25) is 0 Å². The van der Waals surface area contributed by atoms with Crippen LogP contribution >= 0.6 is 0 Å². The molecule has 2 heteroatoms. The molecule has 1 aromatic rings. The fraction of sp³-hybridized carbons (Fsp3) is 0.650. The van der Waals surface area contributed by atoms with Gasteiger partial charge in [0, 0.05) is 13.1 Å². The summed E-state index contributed by atoms with van der Waals surface area (Å²) in [5.41, 5.74) is 9.92. The monoisotopic (exact) mass is 303 g/mol. The quantitative estimate of drug-likeness (QED) is 0.525. The molecule has 0 bridgehead atoms. The van der Waals surface area contributed by atoms with E-state index in [1.807, 2.05) is 0 Å². The lowest BCUT2D eigenvalue weighted by Crippen LogP contribution is -2.26. The van der Waals surface area contributed by atoms with E-state index < -0.39 is 0 Å². The molecule has 2 nitrogen and oxygen atoms in total. The maximum atomic E-state index is 6.38. The molecule has 1 atom stereocenters. The van der Waals surface area contributed by atoms with Gasteiger partial charge in [0.25, 0.3) is 0 Å². The third-order valence-electron chi connectivity index (χ3n) is 4.41. The molecule has 1 aromatic carbocycles. The molecular weight excluding hydrogens is 268 g/mol. The van der Waals surface area contributed by atoms with Gasteiger partial charge in [-0.15, -0.1) is 0 Å². The average molecular weight is 304 g/mol. The first-order valence-electron chi connectivity index (χ1n) is 9.06. The zero-order valence-corrected chi connectivity index (χ0v) is 15.1. The van der Waals surface area contributed by atoms with Crippen LogP contribution < -0.4 is 10.6 Å². The lowest BCUT2D eigenvalue weighted by Gasteiger charge is -2.27. The summed E-state index contributed by atoms with van der Waals surface area (Å²) >= 11 is 0. The lowest BCUT2D eigenvalue weighted by atomic mass is 9.94. The molecule has 1 radical (unpaired) electrons. The Kier molecular flexibility index (Phi) is 9.03. The summed E-state index contributed by atoms with van der Waals surface area (Å²) in [5, 5.41) is 0. The SMILES string of the molecule is C[CH]CCC(C)c1ccc(N(CCCC)CCCC)c(N)c1. The number of nitrogen functional groups attached to an aromatic ring is 1. The van der Waals surface area contributed by atoms with Crippen LogP contribution in [0.5, 0.6) is 0 Å². The summed E-state index contributed by atoms with van der Waals surface area (Å²) in [4.78, 5) is 2.47. The first kappa shape index (κ1) is 18.9. The Balaban J connectivity index is 2.83. The minimum Gasteiger partial charge on any atom is -0.397 e. The molecule has 0 amide bonds. The van der Waals surface area contributed by atoms with Crippen molar-refractivity contribution in [2.24, 2.45) is 0 Å². The molecule has 0 aliphatic rings. The van der Waals surface area contributed by atoms with Crippen molar-refractivity contribution in [1.82, 2.24) is 0 Å². The zero-order chi connectivity index (χ0) is 16.4. The van der Waals surface area contributed by atoms with Gasteiger partial charge in [-0.05, 0) is 55.7 Å². The molecule has 0 spiro atoms. The predicted molar refractivity (Wildman–Crippen MR) is 101 cm³/mol. The van der Waals surface area contributed by atoms with Gasteiger partial charge in [-0.25, -0.2) is 0 Å². The van der Waals surface area contributed by atoms with Crippen molar-refractivity contribution in [3.05, 3.63) is 30.2 Å². The van der Waals surface area contributed by atoms with Crippen LogP contribution in [0, 0.1) is 6.42 Å². The van der Waals surface area contributed by atoms with Gasteiger partial charge in [0.05, 0.1) is 11.4 Å². The molecular formula is C20H35N2. The van der Waals surface area contributed by atoms with E-state index in [0.717, 1.165) is 18.8 Å². The Hall–Kier alpha value is -1.18. The van der Waals surface area contributed by atoms with E-state index in [1.54, 1.807) is 0 Å². The van der Waals surface area contributed by atoms with Gasteiger partial charge >= 0.3 is 0 Å². The Labute approximate surface area is 138 Å². The van der Waals surface area contributed by atoms with Crippen molar-refractivity contribution in [3.63, 3.8) is 0 Å². The van der Waals surface area contributed by atoms with Crippen molar-refractivity contribution < 1.29 is 0 Å². The largest absolute Gasteiger partial charge is 0.397 e. The number of rotatable bonds is 11. The minimum atomic E-state index is 0.576. The summed E-state index contributed by atoms with van der Waals surface area (Å²) in [7, 11) is 0. The van der Waals surface area contributed by atoms with Crippen molar-refractivity contribution >= 4 is 11.4 Å². The predicted octanol–water partition coefficient (Wildman–Crippen LogP) is 5.78. The molecule has 1 rings (SSSR count). The van der Waals surface area contributed by atoms with Gasteiger partial charge in [0.1, 0.15) is 0 Å². The molecule has 125 valence electrons.